The number of ether oxygens (including phenoxy) is 3. The van der Waals surface area contributed by atoms with E-state index in [2.05, 4.69) is 80.9 Å². The second-order valence-electron chi connectivity index (χ2n) is 11.2. The molecule has 0 saturated heterocycles. The number of rotatable bonds is 17. The molecule has 0 heterocycles. The van der Waals surface area contributed by atoms with Gasteiger partial charge in [0, 0.05) is 0 Å². The molecule has 8 nitrogen and oxygen atoms in total. The number of aliphatic hydroxyl groups is 2. The summed E-state index contributed by atoms with van der Waals surface area (Å²) in [7, 11) is -3.84. The van der Waals surface area contributed by atoms with Crippen LogP contribution in [-0.2, 0) is 28.1 Å². The molecule has 0 bridgehead atoms. The van der Waals surface area contributed by atoms with Crippen LogP contribution in [0.5, 0.6) is 0 Å². The van der Waals surface area contributed by atoms with Crippen LogP contribution in [-0.4, -0.2) is 91.9 Å². The number of hydrogen-bond donors (Lipinski definition) is 2. The van der Waals surface area contributed by atoms with Crippen LogP contribution in [0.4, 0.5) is 0 Å². The summed E-state index contributed by atoms with van der Waals surface area (Å²) in [6.45, 7) is 29.3. The van der Waals surface area contributed by atoms with E-state index in [1.54, 1.807) is 0 Å². The van der Waals surface area contributed by atoms with Gasteiger partial charge in [0.15, 0.2) is 8.32 Å². The second kappa shape index (κ2) is 28.9. The first kappa shape index (κ1) is 59.3. The van der Waals surface area contributed by atoms with Crippen LogP contribution in [0.1, 0.15) is 86.1 Å². The average molecular weight is 623 g/mol. The predicted molar refractivity (Wildman–Crippen MR) is 183 cm³/mol. The van der Waals surface area contributed by atoms with Crippen molar-refractivity contribution in [2.45, 2.75) is 135 Å². The largest absolute Gasteiger partial charge is 0.414 e. The van der Waals surface area contributed by atoms with Crippen molar-refractivity contribution >= 4 is 16.6 Å². The summed E-state index contributed by atoms with van der Waals surface area (Å²) in [4.78, 5) is 5.43. The molecule has 0 aromatic heterocycles. The van der Waals surface area contributed by atoms with Gasteiger partial charge in [-0.1, -0.05) is 86.1 Å². The molecular formula is C30H78O8Si2. The van der Waals surface area contributed by atoms with E-state index >= 15 is 0 Å². The first-order chi connectivity index (χ1) is 15.6. The molecule has 0 aromatic carbocycles. The van der Waals surface area contributed by atoms with E-state index in [1.165, 1.54) is 0 Å². The van der Waals surface area contributed by atoms with E-state index in [4.69, 9.17) is 28.1 Å². The molecule has 40 heavy (non-hydrogen) atoms. The van der Waals surface area contributed by atoms with Gasteiger partial charge in [-0.05, 0) is 36.3 Å². The maximum atomic E-state index is 9.48. The van der Waals surface area contributed by atoms with E-state index in [-0.39, 0.29) is 81.1 Å². The summed E-state index contributed by atoms with van der Waals surface area (Å²) >= 11 is 0. The Morgan fingerprint density at radius 1 is 0.600 bits per heavy atom. The molecule has 0 amide bonds. The van der Waals surface area contributed by atoms with Gasteiger partial charge in [-0.15, -0.1) is 13.2 Å². The Balaban J connectivity index is -0.000000208. The lowest BCUT2D eigenvalue weighted by Crippen LogP contribution is -2.42. The maximum absolute atomic E-state index is 9.48. The molecule has 0 spiro atoms. The van der Waals surface area contributed by atoms with Gasteiger partial charge >= 0.3 is 0 Å². The van der Waals surface area contributed by atoms with Crippen molar-refractivity contribution in [2.75, 3.05) is 52.9 Å². The summed E-state index contributed by atoms with van der Waals surface area (Å²) in [5.41, 5.74) is 0. The Morgan fingerprint density at radius 2 is 0.975 bits per heavy atom. The van der Waals surface area contributed by atoms with E-state index in [0.29, 0.717) is 26.4 Å². The molecule has 0 rings (SSSR count). The van der Waals surface area contributed by atoms with Crippen molar-refractivity contribution in [3.63, 3.8) is 0 Å². The predicted octanol–water partition coefficient (Wildman–Crippen LogP) is 8.35. The van der Waals surface area contributed by atoms with Gasteiger partial charge in [0.05, 0.1) is 52.9 Å². The van der Waals surface area contributed by atoms with Crippen molar-refractivity contribution < 1.29 is 38.3 Å². The van der Waals surface area contributed by atoms with Crippen LogP contribution in [0.3, 0.4) is 0 Å². The Bertz CT molecular complexity index is 507. The van der Waals surface area contributed by atoms with Crippen molar-refractivity contribution in [1.82, 2.24) is 0 Å². The SMILES string of the molecule is C.C.C.C.C.C.C=C.CC(C)(C)[Si](C)(C)OCCOC(CO)COCCOCC(CO)OO[Si](C)(C)C(C)(C)C. The molecule has 0 saturated carbocycles. The molecule has 0 aromatic rings. The fraction of sp³-hybridized carbons (Fsp3) is 0.933. The lowest BCUT2D eigenvalue weighted by atomic mass is 10.2. The maximum Gasteiger partial charge on any atom is 0.238 e. The minimum Gasteiger partial charge on any atom is -0.414 e. The van der Waals surface area contributed by atoms with E-state index in [0.717, 1.165) is 0 Å². The van der Waals surface area contributed by atoms with Crippen LogP contribution in [0.15, 0.2) is 13.2 Å². The fourth-order valence-electron chi connectivity index (χ4n) is 1.85. The molecular weight excluding hydrogens is 544 g/mol. The highest BCUT2D eigenvalue weighted by Crippen LogP contribution is 2.37. The summed E-state index contributed by atoms with van der Waals surface area (Å²) in [5.74, 6) is 0. The quantitative estimate of drug-likeness (QED) is 0.0549. The van der Waals surface area contributed by atoms with Gasteiger partial charge < -0.3 is 28.8 Å². The van der Waals surface area contributed by atoms with Gasteiger partial charge in [-0.3, -0.25) is 4.58 Å². The normalized spacial score (nSPS) is 12.7. The molecule has 0 radical (unpaired) electrons. The molecule has 10 heteroatoms. The first-order valence-electron chi connectivity index (χ1n) is 12.0. The van der Waals surface area contributed by atoms with Crippen LogP contribution >= 0.6 is 0 Å². The summed E-state index contributed by atoms with van der Waals surface area (Å²) < 4.78 is 28.5. The third kappa shape index (κ3) is 25.6. The van der Waals surface area contributed by atoms with E-state index in [1.807, 2.05) is 0 Å². The molecule has 0 aliphatic carbocycles. The number of aliphatic hydroxyl groups excluding tert-OH is 2. The zero-order valence-electron chi connectivity index (χ0n) is 23.6. The molecule has 2 N–H and O–H groups in total. The Labute approximate surface area is 255 Å². The van der Waals surface area contributed by atoms with Gasteiger partial charge in [-0.2, -0.15) is 0 Å². The third-order valence-corrected chi connectivity index (χ3v) is 15.0. The lowest BCUT2D eigenvalue weighted by Gasteiger charge is -2.36. The monoisotopic (exact) mass is 623 g/mol. The summed E-state index contributed by atoms with van der Waals surface area (Å²) in [5, 5.41) is 19.1. The summed E-state index contributed by atoms with van der Waals surface area (Å²) in [6, 6.07) is 0. The highest BCUT2D eigenvalue weighted by molar-refractivity contribution is 6.74. The van der Waals surface area contributed by atoms with Crippen LogP contribution < -0.4 is 0 Å². The molecule has 0 aliphatic rings. The van der Waals surface area contributed by atoms with Crippen LogP contribution in [0.25, 0.3) is 0 Å². The molecule has 2 atom stereocenters. The standard InChI is InChI=1S/C22H50O8Si2.C2H4.6CH4/c1-21(2,3)31(7,8)28-14-13-27-19(15-23)17-25-11-12-26-18-20(16-24)29-30-32(9,10)22(4,5)6;1-2;;;;;;/h19-20,23-24H,11-18H2,1-10H3;1-2H2;6*1H4. The van der Waals surface area contributed by atoms with Gasteiger partial charge in [0.1, 0.15) is 12.2 Å². The van der Waals surface area contributed by atoms with Crippen molar-refractivity contribution in [1.29, 1.82) is 0 Å². The zero-order chi connectivity index (χ0) is 27.1. The van der Waals surface area contributed by atoms with Crippen LogP contribution in [0.2, 0.25) is 36.3 Å². The van der Waals surface area contributed by atoms with Crippen molar-refractivity contribution in [2.24, 2.45) is 0 Å². The van der Waals surface area contributed by atoms with Crippen LogP contribution in [0, 0.1) is 0 Å². The molecule has 254 valence electrons. The molecule has 0 fully saturated rings. The van der Waals surface area contributed by atoms with Gasteiger partial charge in [-0.25, -0.2) is 4.89 Å². The molecule has 2 unspecified atom stereocenters. The van der Waals surface area contributed by atoms with Crippen molar-refractivity contribution in [3.8, 4) is 0 Å². The highest BCUT2D eigenvalue weighted by Gasteiger charge is 2.39. The summed E-state index contributed by atoms with van der Waals surface area (Å²) in [6.07, 6.45) is -0.942. The molecule has 0 aliphatic heterocycles. The minimum atomic E-state index is -2.05. The third-order valence-electron chi connectivity index (χ3n) is 6.29. The Kier molecular flexibility index (Phi) is 42.9. The van der Waals surface area contributed by atoms with Gasteiger partial charge in [0.25, 0.3) is 0 Å². The van der Waals surface area contributed by atoms with E-state index in [9.17, 15) is 10.2 Å². The minimum absolute atomic E-state index is 0. The van der Waals surface area contributed by atoms with E-state index < -0.39 is 28.8 Å². The zero-order valence-corrected chi connectivity index (χ0v) is 25.6. The topological polar surface area (TPSA) is 95.8 Å². The number of hydrogen-bond acceptors (Lipinski definition) is 8. The average Bonchev–Trinajstić information content (AvgIpc) is 2.73. The lowest BCUT2D eigenvalue weighted by molar-refractivity contribution is -0.274. The van der Waals surface area contributed by atoms with Gasteiger partial charge in [0.2, 0.25) is 8.32 Å². The Hall–Kier alpha value is -0.146. The van der Waals surface area contributed by atoms with Crippen molar-refractivity contribution in [3.05, 3.63) is 13.2 Å². The highest BCUT2D eigenvalue weighted by atomic mass is 28.4. The first-order valence-corrected chi connectivity index (χ1v) is 17.9. The fourth-order valence-corrected chi connectivity index (χ4v) is 3.51. The Morgan fingerprint density at radius 3 is 1.32 bits per heavy atom. The smallest absolute Gasteiger partial charge is 0.238 e. The second-order valence-corrected chi connectivity index (χ2v) is 20.7.